The number of nitrogens with one attached hydrogen (secondary N) is 1. The lowest BCUT2D eigenvalue weighted by atomic mass is 9.93. The van der Waals surface area contributed by atoms with Gasteiger partial charge < -0.3 is 14.6 Å². The SMILES string of the molecule is CCCn1c(C2(CC)CCCN2)nc2cc(OC)ccc21. The second kappa shape index (κ2) is 5.68. The largest absolute Gasteiger partial charge is 0.497 e. The van der Waals surface area contributed by atoms with Gasteiger partial charge in [-0.15, -0.1) is 0 Å². The highest BCUT2D eigenvalue weighted by molar-refractivity contribution is 5.78. The van der Waals surface area contributed by atoms with E-state index in [0.717, 1.165) is 37.2 Å². The molecule has 1 aliphatic rings. The Labute approximate surface area is 126 Å². The van der Waals surface area contributed by atoms with E-state index >= 15 is 0 Å². The highest BCUT2D eigenvalue weighted by Crippen LogP contribution is 2.36. The van der Waals surface area contributed by atoms with Gasteiger partial charge in [-0.1, -0.05) is 13.8 Å². The Morgan fingerprint density at radius 2 is 2.24 bits per heavy atom. The van der Waals surface area contributed by atoms with Crippen LogP contribution in [-0.2, 0) is 12.1 Å². The van der Waals surface area contributed by atoms with Crippen molar-refractivity contribution in [1.29, 1.82) is 0 Å². The summed E-state index contributed by atoms with van der Waals surface area (Å²) in [6, 6.07) is 6.21. The van der Waals surface area contributed by atoms with E-state index in [1.165, 1.54) is 24.2 Å². The lowest BCUT2D eigenvalue weighted by Crippen LogP contribution is -2.38. The van der Waals surface area contributed by atoms with Gasteiger partial charge in [-0.2, -0.15) is 0 Å². The molecule has 1 unspecified atom stereocenters. The molecule has 1 aromatic heterocycles. The van der Waals surface area contributed by atoms with Crippen molar-refractivity contribution < 1.29 is 4.74 Å². The topological polar surface area (TPSA) is 39.1 Å². The molecule has 114 valence electrons. The predicted octanol–water partition coefficient (Wildman–Crippen LogP) is 3.44. The minimum Gasteiger partial charge on any atom is -0.497 e. The van der Waals surface area contributed by atoms with Crippen LogP contribution in [0.5, 0.6) is 5.75 Å². The molecule has 21 heavy (non-hydrogen) atoms. The summed E-state index contributed by atoms with van der Waals surface area (Å²) in [4.78, 5) is 4.99. The molecule has 2 aromatic rings. The summed E-state index contributed by atoms with van der Waals surface area (Å²) in [5.41, 5.74) is 2.30. The minimum atomic E-state index is 0.0431. The molecule has 4 nitrogen and oxygen atoms in total. The molecule has 1 aliphatic heterocycles. The van der Waals surface area contributed by atoms with E-state index < -0.39 is 0 Å². The summed E-state index contributed by atoms with van der Waals surface area (Å²) >= 11 is 0. The third-order valence-corrected chi connectivity index (χ3v) is 4.68. The van der Waals surface area contributed by atoms with E-state index in [2.05, 4.69) is 29.8 Å². The fourth-order valence-corrected chi connectivity index (χ4v) is 3.51. The van der Waals surface area contributed by atoms with Crippen LogP contribution in [0.15, 0.2) is 18.2 Å². The second-order valence-corrected chi connectivity index (χ2v) is 5.91. The lowest BCUT2D eigenvalue weighted by Gasteiger charge is -2.28. The molecule has 0 bridgehead atoms. The maximum Gasteiger partial charge on any atom is 0.130 e. The molecule has 1 saturated heterocycles. The van der Waals surface area contributed by atoms with Crippen molar-refractivity contribution in [3.63, 3.8) is 0 Å². The summed E-state index contributed by atoms with van der Waals surface area (Å²) < 4.78 is 7.74. The van der Waals surface area contributed by atoms with Crippen LogP contribution in [0.25, 0.3) is 11.0 Å². The van der Waals surface area contributed by atoms with Crippen LogP contribution in [0.3, 0.4) is 0 Å². The first kappa shape index (κ1) is 14.4. The maximum absolute atomic E-state index is 5.34. The number of methoxy groups -OCH3 is 1. The van der Waals surface area contributed by atoms with Gasteiger partial charge >= 0.3 is 0 Å². The standard InChI is InChI=1S/C17H25N3O/c1-4-11-20-15-8-7-13(21-3)12-14(15)19-16(20)17(5-2)9-6-10-18-17/h7-8,12,18H,4-6,9-11H2,1-3H3. The summed E-state index contributed by atoms with van der Waals surface area (Å²) in [5, 5.41) is 3.71. The van der Waals surface area contributed by atoms with E-state index in [0.29, 0.717) is 0 Å². The number of aromatic nitrogens is 2. The maximum atomic E-state index is 5.34. The monoisotopic (exact) mass is 287 g/mol. The van der Waals surface area contributed by atoms with Gasteiger partial charge in [0.2, 0.25) is 0 Å². The Balaban J connectivity index is 2.18. The molecule has 4 heteroatoms. The van der Waals surface area contributed by atoms with E-state index in [1.807, 2.05) is 12.1 Å². The zero-order chi connectivity index (χ0) is 14.9. The molecule has 0 saturated carbocycles. The first-order chi connectivity index (χ1) is 10.2. The summed E-state index contributed by atoms with van der Waals surface area (Å²) in [6.45, 7) is 6.59. The van der Waals surface area contributed by atoms with Crippen LogP contribution in [-0.4, -0.2) is 23.2 Å². The van der Waals surface area contributed by atoms with Crippen molar-refractivity contribution in [3.8, 4) is 5.75 Å². The Kier molecular flexibility index (Phi) is 3.89. The predicted molar refractivity (Wildman–Crippen MR) is 85.8 cm³/mol. The fourth-order valence-electron chi connectivity index (χ4n) is 3.51. The molecule has 1 N–H and O–H groups in total. The summed E-state index contributed by atoms with van der Waals surface area (Å²) in [7, 11) is 1.71. The highest BCUT2D eigenvalue weighted by Gasteiger charge is 2.38. The third kappa shape index (κ3) is 2.31. The van der Waals surface area contributed by atoms with Crippen LogP contribution in [0.4, 0.5) is 0 Å². The Hall–Kier alpha value is -1.55. The molecule has 3 rings (SSSR count). The lowest BCUT2D eigenvalue weighted by molar-refractivity contribution is 0.338. The average Bonchev–Trinajstić information content (AvgIpc) is 3.13. The first-order valence-electron chi connectivity index (χ1n) is 8.04. The molecule has 0 amide bonds. The van der Waals surface area contributed by atoms with Gasteiger partial charge in [0.25, 0.3) is 0 Å². The van der Waals surface area contributed by atoms with Crippen LogP contribution >= 0.6 is 0 Å². The minimum absolute atomic E-state index is 0.0431. The van der Waals surface area contributed by atoms with Crippen LogP contribution in [0.1, 0.15) is 45.4 Å². The number of fused-ring (bicyclic) bond motifs is 1. The Morgan fingerprint density at radius 3 is 2.86 bits per heavy atom. The van der Waals surface area contributed by atoms with Crippen molar-refractivity contribution in [1.82, 2.24) is 14.9 Å². The van der Waals surface area contributed by atoms with Gasteiger partial charge in [0.05, 0.1) is 23.7 Å². The van der Waals surface area contributed by atoms with Crippen molar-refractivity contribution in [2.45, 2.75) is 51.6 Å². The number of hydrogen-bond donors (Lipinski definition) is 1. The zero-order valence-electron chi connectivity index (χ0n) is 13.3. The Morgan fingerprint density at radius 1 is 1.38 bits per heavy atom. The number of nitrogens with zero attached hydrogens (tertiary/aromatic N) is 2. The second-order valence-electron chi connectivity index (χ2n) is 5.91. The van der Waals surface area contributed by atoms with Crippen LogP contribution in [0, 0.1) is 0 Å². The molecule has 0 spiro atoms. The Bertz CT molecular complexity index is 626. The normalized spacial score (nSPS) is 22.0. The summed E-state index contributed by atoms with van der Waals surface area (Å²) in [5.74, 6) is 2.08. The third-order valence-electron chi connectivity index (χ3n) is 4.68. The zero-order valence-corrected chi connectivity index (χ0v) is 13.3. The smallest absolute Gasteiger partial charge is 0.130 e. The number of imidazole rings is 1. The number of benzene rings is 1. The molecule has 1 atom stereocenters. The molecular formula is C17H25N3O. The first-order valence-corrected chi connectivity index (χ1v) is 8.04. The van der Waals surface area contributed by atoms with Gasteiger partial charge in [0, 0.05) is 12.6 Å². The molecule has 0 aliphatic carbocycles. The van der Waals surface area contributed by atoms with Crippen LogP contribution in [0.2, 0.25) is 0 Å². The van der Waals surface area contributed by atoms with E-state index in [-0.39, 0.29) is 5.54 Å². The van der Waals surface area contributed by atoms with E-state index in [4.69, 9.17) is 9.72 Å². The van der Waals surface area contributed by atoms with Gasteiger partial charge in [-0.3, -0.25) is 0 Å². The number of ether oxygens (including phenoxy) is 1. The molecule has 1 fully saturated rings. The van der Waals surface area contributed by atoms with Gasteiger partial charge in [-0.05, 0) is 44.4 Å². The van der Waals surface area contributed by atoms with E-state index in [9.17, 15) is 0 Å². The molecule has 2 heterocycles. The summed E-state index contributed by atoms with van der Waals surface area (Å²) in [6.07, 6.45) is 4.60. The van der Waals surface area contributed by atoms with Crippen molar-refractivity contribution in [3.05, 3.63) is 24.0 Å². The fraction of sp³-hybridized carbons (Fsp3) is 0.588. The number of aryl methyl sites for hydroxylation is 1. The van der Waals surface area contributed by atoms with Crippen molar-refractivity contribution in [2.75, 3.05) is 13.7 Å². The highest BCUT2D eigenvalue weighted by atomic mass is 16.5. The number of hydrogen-bond acceptors (Lipinski definition) is 3. The number of rotatable bonds is 5. The van der Waals surface area contributed by atoms with Gasteiger partial charge in [0.15, 0.2) is 0 Å². The quantitative estimate of drug-likeness (QED) is 0.915. The van der Waals surface area contributed by atoms with Gasteiger partial charge in [-0.25, -0.2) is 4.98 Å². The molecular weight excluding hydrogens is 262 g/mol. The van der Waals surface area contributed by atoms with Crippen molar-refractivity contribution >= 4 is 11.0 Å². The molecule has 1 aromatic carbocycles. The van der Waals surface area contributed by atoms with E-state index in [1.54, 1.807) is 7.11 Å². The average molecular weight is 287 g/mol. The van der Waals surface area contributed by atoms with Crippen LogP contribution < -0.4 is 10.1 Å². The van der Waals surface area contributed by atoms with Gasteiger partial charge in [0.1, 0.15) is 11.6 Å². The van der Waals surface area contributed by atoms with Crippen molar-refractivity contribution in [2.24, 2.45) is 0 Å². The molecule has 0 radical (unpaired) electrons.